The number of carboxylic acids is 1. The van der Waals surface area contributed by atoms with Crippen molar-refractivity contribution in [2.75, 3.05) is 5.32 Å². The van der Waals surface area contributed by atoms with Crippen molar-refractivity contribution in [2.45, 2.75) is 6.92 Å². The van der Waals surface area contributed by atoms with Crippen molar-refractivity contribution in [1.29, 1.82) is 0 Å². The fourth-order valence-electron chi connectivity index (χ4n) is 2.93. The second-order valence-electron chi connectivity index (χ2n) is 6.09. The smallest absolute Gasteiger partial charge is 0.335 e. The average molecular weight is 379 g/mol. The van der Waals surface area contributed by atoms with Gasteiger partial charge in [-0.05, 0) is 55.0 Å². The first-order chi connectivity index (χ1) is 13.0. The van der Waals surface area contributed by atoms with Crippen LogP contribution >= 0.6 is 11.6 Å². The van der Waals surface area contributed by atoms with Gasteiger partial charge < -0.3 is 10.4 Å². The molecule has 0 aliphatic heterocycles. The SMILES string of the molecule is Cc1cc(Nc2nc3cccc(-c4cccc(Cl)c4)n3n2)ccc1C(=O)O. The molecule has 0 aliphatic rings. The summed E-state index contributed by atoms with van der Waals surface area (Å²) in [5.74, 6) is -0.525. The van der Waals surface area contributed by atoms with Gasteiger partial charge in [0.15, 0.2) is 5.65 Å². The molecule has 0 amide bonds. The first-order valence-electron chi connectivity index (χ1n) is 8.24. The van der Waals surface area contributed by atoms with Gasteiger partial charge in [0.05, 0.1) is 11.3 Å². The van der Waals surface area contributed by atoms with Crippen LogP contribution in [-0.4, -0.2) is 25.7 Å². The molecule has 4 rings (SSSR count). The van der Waals surface area contributed by atoms with Gasteiger partial charge in [0.25, 0.3) is 0 Å². The van der Waals surface area contributed by atoms with Gasteiger partial charge in [0, 0.05) is 16.3 Å². The first kappa shape index (κ1) is 17.1. The number of anilines is 2. The highest BCUT2D eigenvalue weighted by molar-refractivity contribution is 6.30. The van der Waals surface area contributed by atoms with Gasteiger partial charge in [-0.3, -0.25) is 0 Å². The molecular weight excluding hydrogens is 364 g/mol. The molecule has 0 saturated carbocycles. The summed E-state index contributed by atoms with van der Waals surface area (Å²) in [5, 5.41) is 17.5. The number of carboxylic acid groups (broad SMARTS) is 1. The number of aryl methyl sites for hydroxylation is 1. The highest BCUT2D eigenvalue weighted by Gasteiger charge is 2.11. The van der Waals surface area contributed by atoms with E-state index in [1.54, 1.807) is 29.6 Å². The summed E-state index contributed by atoms with van der Waals surface area (Å²) in [4.78, 5) is 15.6. The number of aromatic carboxylic acids is 1. The molecule has 0 fully saturated rings. The van der Waals surface area contributed by atoms with E-state index in [2.05, 4.69) is 15.4 Å². The Kier molecular flexibility index (Phi) is 4.25. The third-order valence-electron chi connectivity index (χ3n) is 4.19. The van der Waals surface area contributed by atoms with Crippen molar-refractivity contribution in [3.8, 4) is 11.3 Å². The molecule has 7 heteroatoms. The highest BCUT2D eigenvalue weighted by atomic mass is 35.5. The highest BCUT2D eigenvalue weighted by Crippen LogP contribution is 2.25. The number of fused-ring (bicyclic) bond motifs is 1. The number of carbonyl (C=O) groups is 1. The molecule has 6 nitrogen and oxygen atoms in total. The van der Waals surface area contributed by atoms with E-state index in [0.717, 1.165) is 16.9 Å². The lowest BCUT2D eigenvalue weighted by molar-refractivity contribution is 0.0696. The number of halogens is 1. The molecule has 0 unspecified atom stereocenters. The van der Waals surface area contributed by atoms with Crippen LogP contribution in [0.25, 0.3) is 16.9 Å². The number of nitrogens with one attached hydrogen (secondary N) is 1. The van der Waals surface area contributed by atoms with Gasteiger partial charge >= 0.3 is 5.97 Å². The zero-order valence-corrected chi connectivity index (χ0v) is 15.1. The number of benzene rings is 2. The normalized spacial score (nSPS) is 10.9. The minimum absolute atomic E-state index is 0.270. The number of rotatable bonds is 4. The fourth-order valence-corrected chi connectivity index (χ4v) is 3.13. The van der Waals surface area contributed by atoms with Gasteiger partial charge in [-0.15, -0.1) is 5.10 Å². The summed E-state index contributed by atoms with van der Waals surface area (Å²) in [6.07, 6.45) is 0. The Balaban J connectivity index is 1.71. The van der Waals surface area contributed by atoms with Crippen LogP contribution in [0.5, 0.6) is 0 Å². The Hall–Kier alpha value is -3.38. The van der Waals surface area contributed by atoms with E-state index in [1.807, 2.05) is 42.5 Å². The van der Waals surface area contributed by atoms with Crippen LogP contribution in [0.15, 0.2) is 60.7 Å². The van der Waals surface area contributed by atoms with E-state index >= 15 is 0 Å². The molecular formula is C20H15ClN4O2. The second-order valence-corrected chi connectivity index (χ2v) is 6.52. The topological polar surface area (TPSA) is 79.5 Å². The van der Waals surface area contributed by atoms with Crippen LogP contribution in [0.3, 0.4) is 0 Å². The average Bonchev–Trinajstić information content (AvgIpc) is 3.03. The summed E-state index contributed by atoms with van der Waals surface area (Å²) in [7, 11) is 0. The van der Waals surface area contributed by atoms with Crippen LogP contribution in [0.1, 0.15) is 15.9 Å². The molecule has 4 aromatic rings. The quantitative estimate of drug-likeness (QED) is 0.533. The van der Waals surface area contributed by atoms with Crippen molar-refractivity contribution >= 4 is 34.9 Å². The minimum Gasteiger partial charge on any atom is -0.478 e. The van der Waals surface area contributed by atoms with E-state index in [4.69, 9.17) is 16.7 Å². The largest absolute Gasteiger partial charge is 0.478 e. The number of pyridine rings is 1. The van der Waals surface area contributed by atoms with Gasteiger partial charge in [-0.25, -0.2) is 9.31 Å². The number of hydrogen-bond acceptors (Lipinski definition) is 4. The number of aromatic nitrogens is 3. The van der Waals surface area contributed by atoms with E-state index < -0.39 is 5.97 Å². The molecule has 2 N–H and O–H groups in total. The maximum Gasteiger partial charge on any atom is 0.335 e. The lowest BCUT2D eigenvalue weighted by atomic mass is 10.1. The van der Waals surface area contributed by atoms with Crippen molar-refractivity contribution in [1.82, 2.24) is 14.6 Å². The predicted molar refractivity (Wildman–Crippen MR) is 105 cm³/mol. The molecule has 0 spiro atoms. The van der Waals surface area contributed by atoms with Gasteiger partial charge in [-0.1, -0.05) is 29.8 Å². The molecule has 0 saturated heterocycles. The third kappa shape index (κ3) is 3.35. The van der Waals surface area contributed by atoms with Crippen molar-refractivity contribution in [3.05, 3.63) is 76.8 Å². The lowest BCUT2D eigenvalue weighted by Gasteiger charge is -2.06. The van der Waals surface area contributed by atoms with Crippen molar-refractivity contribution in [3.63, 3.8) is 0 Å². The van der Waals surface area contributed by atoms with Crippen LogP contribution in [-0.2, 0) is 0 Å². The maximum absolute atomic E-state index is 11.1. The van der Waals surface area contributed by atoms with E-state index in [9.17, 15) is 4.79 Å². The summed E-state index contributed by atoms with van der Waals surface area (Å²) in [6.45, 7) is 1.75. The maximum atomic E-state index is 11.1. The van der Waals surface area contributed by atoms with E-state index in [1.165, 1.54) is 0 Å². The molecule has 27 heavy (non-hydrogen) atoms. The second kappa shape index (κ2) is 6.74. The van der Waals surface area contributed by atoms with Crippen molar-refractivity contribution in [2.24, 2.45) is 0 Å². The van der Waals surface area contributed by atoms with Crippen LogP contribution in [0.2, 0.25) is 5.02 Å². The van der Waals surface area contributed by atoms with Gasteiger partial charge in [0.1, 0.15) is 0 Å². The Morgan fingerprint density at radius 1 is 1.11 bits per heavy atom. The molecule has 2 aromatic heterocycles. The molecule has 0 atom stereocenters. The lowest BCUT2D eigenvalue weighted by Crippen LogP contribution is -2.01. The zero-order chi connectivity index (χ0) is 19.0. The van der Waals surface area contributed by atoms with E-state index in [0.29, 0.717) is 22.2 Å². The molecule has 2 heterocycles. The summed E-state index contributed by atoms with van der Waals surface area (Å²) in [6, 6.07) is 18.3. The fraction of sp³-hybridized carbons (Fsp3) is 0.0500. The van der Waals surface area contributed by atoms with Crippen LogP contribution in [0.4, 0.5) is 11.6 Å². The monoisotopic (exact) mass is 378 g/mol. The molecule has 0 radical (unpaired) electrons. The molecule has 0 aliphatic carbocycles. The Bertz CT molecular complexity index is 1170. The Morgan fingerprint density at radius 3 is 2.67 bits per heavy atom. The summed E-state index contributed by atoms with van der Waals surface area (Å²) >= 11 is 6.11. The number of hydrogen-bond donors (Lipinski definition) is 2. The number of nitrogens with zero attached hydrogens (tertiary/aromatic N) is 3. The molecule has 0 bridgehead atoms. The summed E-state index contributed by atoms with van der Waals surface area (Å²) in [5.41, 5.74) is 4.15. The Morgan fingerprint density at radius 2 is 1.93 bits per heavy atom. The minimum atomic E-state index is -0.948. The van der Waals surface area contributed by atoms with E-state index in [-0.39, 0.29) is 5.56 Å². The first-order valence-corrected chi connectivity index (χ1v) is 8.62. The summed E-state index contributed by atoms with van der Waals surface area (Å²) < 4.78 is 1.74. The van der Waals surface area contributed by atoms with Crippen molar-refractivity contribution < 1.29 is 9.90 Å². The predicted octanol–water partition coefficient (Wildman–Crippen LogP) is 4.80. The Labute approximate surface area is 160 Å². The van der Waals surface area contributed by atoms with Crippen LogP contribution in [0, 0.1) is 6.92 Å². The molecule has 2 aromatic carbocycles. The van der Waals surface area contributed by atoms with Crippen LogP contribution < -0.4 is 5.32 Å². The standard InChI is InChI=1S/C20H15ClN4O2/c1-12-10-15(8-9-16(12)19(26)27)22-20-23-18-7-3-6-17(25(18)24-20)13-4-2-5-14(21)11-13/h2-11H,1H3,(H,22,24)(H,26,27). The third-order valence-corrected chi connectivity index (χ3v) is 4.43. The van der Waals surface area contributed by atoms with Gasteiger partial charge in [-0.2, -0.15) is 4.98 Å². The zero-order valence-electron chi connectivity index (χ0n) is 14.3. The molecule has 134 valence electrons. The van der Waals surface area contributed by atoms with Gasteiger partial charge in [0.2, 0.25) is 5.95 Å².